The number of anilines is 3. The molecular formula is C33H33N3O6. The predicted molar refractivity (Wildman–Crippen MR) is 162 cm³/mol. The Bertz CT molecular complexity index is 1320. The van der Waals surface area contributed by atoms with Gasteiger partial charge in [0.1, 0.15) is 17.2 Å². The third-order valence-corrected chi connectivity index (χ3v) is 6.44. The molecule has 9 nitrogen and oxygen atoms in total. The van der Waals surface area contributed by atoms with Gasteiger partial charge in [-0.2, -0.15) is 0 Å². The van der Waals surface area contributed by atoms with Gasteiger partial charge in [0, 0.05) is 33.8 Å². The summed E-state index contributed by atoms with van der Waals surface area (Å²) < 4.78 is 17.4. The molecule has 3 amide bonds. The van der Waals surface area contributed by atoms with Gasteiger partial charge in [-0.05, 0) is 36.4 Å². The largest absolute Gasteiger partial charge is 0.496 e. The Labute approximate surface area is 244 Å². The summed E-state index contributed by atoms with van der Waals surface area (Å²) in [5.41, 5.74) is 3.04. The Balaban J connectivity index is 1.77. The summed E-state index contributed by atoms with van der Waals surface area (Å²) >= 11 is 0. The molecule has 3 N–H and O–H groups in total. The van der Waals surface area contributed by atoms with E-state index >= 15 is 0 Å². The molecule has 0 bridgehead atoms. The van der Waals surface area contributed by atoms with Crippen LogP contribution in [0.3, 0.4) is 0 Å². The van der Waals surface area contributed by atoms with E-state index in [9.17, 15) is 14.4 Å². The van der Waals surface area contributed by atoms with Crippen LogP contribution in [0.25, 0.3) is 0 Å². The van der Waals surface area contributed by atoms with Crippen LogP contribution in [0.15, 0.2) is 91.0 Å². The summed E-state index contributed by atoms with van der Waals surface area (Å²) in [6.07, 6.45) is -0.441. The monoisotopic (exact) mass is 567 g/mol. The van der Waals surface area contributed by atoms with Crippen molar-refractivity contribution in [2.75, 3.05) is 37.3 Å². The van der Waals surface area contributed by atoms with Crippen molar-refractivity contribution in [3.05, 3.63) is 108 Å². The van der Waals surface area contributed by atoms with Gasteiger partial charge < -0.3 is 30.2 Å². The van der Waals surface area contributed by atoms with Crippen molar-refractivity contribution < 1.29 is 28.6 Å². The highest BCUT2D eigenvalue weighted by Gasteiger charge is 2.30. The lowest BCUT2D eigenvalue weighted by atomic mass is 9.93. The molecule has 216 valence electrons. The Kier molecular flexibility index (Phi) is 10.1. The lowest BCUT2D eigenvalue weighted by Gasteiger charge is -2.24. The van der Waals surface area contributed by atoms with Crippen LogP contribution in [0.2, 0.25) is 0 Å². The molecule has 0 aliphatic carbocycles. The average Bonchev–Trinajstić information content (AvgIpc) is 2.99. The zero-order valence-corrected chi connectivity index (χ0v) is 23.7. The number of carbonyl (C=O) groups excluding carboxylic acids is 3. The molecule has 42 heavy (non-hydrogen) atoms. The SMILES string of the molecule is COc1c(CC(=O)Nc2ccccc2)c(OC)c(CC(=O)Nc2ccccc2)c(OC)c1CC(=O)Nc1ccccc1. The van der Waals surface area contributed by atoms with Crippen LogP contribution in [0.4, 0.5) is 17.1 Å². The molecule has 0 aliphatic heterocycles. The van der Waals surface area contributed by atoms with E-state index in [0.29, 0.717) is 33.8 Å². The zero-order valence-electron chi connectivity index (χ0n) is 23.7. The van der Waals surface area contributed by atoms with E-state index in [4.69, 9.17) is 14.2 Å². The van der Waals surface area contributed by atoms with Gasteiger partial charge in [0.2, 0.25) is 17.7 Å². The van der Waals surface area contributed by atoms with E-state index < -0.39 is 0 Å². The molecule has 0 radical (unpaired) electrons. The molecule has 0 saturated heterocycles. The van der Waals surface area contributed by atoms with Gasteiger partial charge in [-0.3, -0.25) is 14.4 Å². The Hall–Kier alpha value is -5.31. The molecule has 0 atom stereocenters. The van der Waals surface area contributed by atoms with Crippen LogP contribution < -0.4 is 30.2 Å². The molecular weight excluding hydrogens is 534 g/mol. The second-order valence-corrected chi connectivity index (χ2v) is 9.31. The first-order valence-electron chi connectivity index (χ1n) is 13.3. The van der Waals surface area contributed by atoms with Crippen LogP contribution in [0.1, 0.15) is 16.7 Å². The number of para-hydroxylation sites is 3. The van der Waals surface area contributed by atoms with Gasteiger partial charge in [-0.25, -0.2) is 0 Å². The third-order valence-electron chi connectivity index (χ3n) is 6.44. The standard InChI is InChI=1S/C33H33N3O6/c1-40-31-25(19-28(37)34-22-13-7-4-8-14-22)32(41-2)27(21-30(39)36-24-17-11-6-12-18-24)33(42-3)26(31)20-29(38)35-23-15-9-5-10-16-23/h4-18H,19-21H2,1-3H3,(H,34,37)(H,35,38)(H,36,39). The molecule has 0 aliphatic rings. The summed E-state index contributed by atoms with van der Waals surface area (Å²) in [6, 6.07) is 27.1. The zero-order chi connectivity index (χ0) is 29.9. The number of nitrogens with one attached hydrogen (secondary N) is 3. The van der Waals surface area contributed by atoms with Crippen molar-refractivity contribution in [1.82, 2.24) is 0 Å². The molecule has 4 rings (SSSR count). The van der Waals surface area contributed by atoms with Crippen LogP contribution in [0.5, 0.6) is 17.2 Å². The van der Waals surface area contributed by atoms with Crippen LogP contribution in [-0.4, -0.2) is 39.1 Å². The third kappa shape index (κ3) is 7.45. The Morgan fingerprint density at radius 1 is 0.452 bits per heavy atom. The first-order chi connectivity index (χ1) is 20.4. The number of hydrogen-bond donors (Lipinski definition) is 3. The number of benzene rings is 4. The van der Waals surface area contributed by atoms with E-state index in [1.807, 2.05) is 54.6 Å². The highest BCUT2D eigenvalue weighted by atomic mass is 16.5. The molecule has 0 aromatic heterocycles. The van der Waals surface area contributed by atoms with Crippen LogP contribution in [-0.2, 0) is 33.6 Å². The second-order valence-electron chi connectivity index (χ2n) is 9.31. The number of ether oxygens (including phenoxy) is 3. The number of amides is 3. The lowest BCUT2D eigenvalue weighted by molar-refractivity contribution is -0.116. The van der Waals surface area contributed by atoms with Gasteiger partial charge >= 0.3 is 0 Å². The fourth-order valence-corrected chi connectivity index (χ4v) is 4.74. The van der Waals surface area contributed by atoms with Crippen molar-refractivity contribution in [2.45, 2.75) is 19.3 Å². The molecule has 0 saturated carbocycles. The van der Waals surface area contributed by atoms with Crippen molar-refractivity contribution in [1.29, 1.82) is 0 Å². The molecule has 4 aromatic carbocycles. The van der Waals surface area contributed by atoms with Crippen LogP contribution >= 0.6 is 0 Å². The molecule has 0 unspecified atom stereocenters. The first kappa shape index (κ1) is 29.7. The van der Waals surface area contributed by atoms with Crippen molar-refractivity contribution in [3.63, 3.8) is 0 Å². The Morgan fingerprint density at radius 2 is 0.690 bits per heavy atom. The van der Waals surface area contributed by atoms with E-state index in [-0.39, 0.29) is 54.2 Å². The summed E-state index contributed by atoms with van der Waals surface area (Å²) in [6.45, 7) is 0. The van der Waals surface area contributed by atoms with Gasteiger partial charge in [-0.15, -0.1) is 0 Å². The highest BCUT2D eigenvalue weighted by Crippen LogP contribution is 2.45. The topological polar surface area (TPSA) is 115 Å². The summed E-state index contributed by atoms with van der Waals surface area (Å²) in [5.74, 6) is -0.195. The first-order valence-corrected chi connectivity index (χ1v) is 13.3. The maximum atomic E-state index is 13.2. The summed E-state index contributed by atoms with van der Waals surface area (Å²) in [5, 5.41) is 8.60. The molecule has 0 heterocycles. The minimum Gasteiger partial charge on any atom is -0.496 e. The molecule has 0 spiro atoms. The molecule has 0 fully saturated rings. The van der Waals surface area contributed by atoms with E-state index in [0.717, 1.165) is 0 Å². The summed E-state index contributed by atoms with van der Waals surface area (Å²) in [7, 11) is 4.35. The van der Waals surface area contributed by atoms with Gasteiger partial charge in [0.15, 0.2) is 0 Å². The second kappa shape index (κ2) is 14.4. The maximum absolute atomic E-state index is 13.2. The number of methoxy groups -OCH3 is 3. The van der Waals surface area contributed by atoms with Gasteiger partial charge in [-0.1, -0.05) is 54.6 Å². The fraction of sp³-hybridized carbons (Fsp3) is 0.182. The van der Waals surface area contributed by atoms with E-state index in [2.05, 4.69) is 16.0 Å². The predicted octanol–water partition coefficient (Wildman–Crippen LogP) is 5.26. The van der Waals surface area contributed by atoms with E-state index in [1.165, 1.54) is 21.3 Å². The Morgan fingerprint density at radius 3 is 0.905 bits per heavy atom. The van der Waals surface area contributed by atoms with Gasteiger partial charge in [0.25, 0.3) is 0 Å². The average molecular weight is 568 g/mol. The number of carbonyl (C=O) groups is 3. The maximum Gasteiger partial charge on any atom is 0.229 e. The smallest absolute Gasteiger partial charge is 0.229 e. The van der Waals surface area contributed by atoms with Crippen molar-refractivity contribution >= 4 is 34.8 Å². The minimum absolute atomic E-state index is 0.147. The summed E-state index contributed by atoms with van der Waals surface area (Å²) in [4.78, 5) is 39.6. The van der Waals surface area contributed by atoms with E-state index in [1.54, 1.807) is 36.4 Å². The lowest BCUT2D eigenvalue weighted by Crippen LogP contribution is -2.21. The minimum atomic E-state index is -0.331. The molecule has 9 heteroatoms. The fourth-order valence-electron chi connectivity index (χ4n) is 4.74. The number of rotatable bonds is 12. The number of hydrogen-bond acceptors (Lipinski definition) is 6. The highest BCUT2D eigenvalue weighted by molar-refractivity contribution is 5.97. The van der Waals surface area contributed by atoms with Gasteiger partial charge in [0.05, 0.1) is 40.6 Å². The van der Waals surface area contributed by atoms with Crippen molar-refractivity contribution in [3.8, 4) is 17.2 Å². The quantitative estimate of drug-likeness (QED) is 0.215. The van der Waals surface area contributed by atoms with Crippen molar-refractivity contribution in [2.24, 2.45) is 0 Å². The molecule has 4 aromatic rings. The van der Waals surface area contributed by atoms with Crippen LogP contribution in [0, 0.1) is 0 Å². The normalized spacial score (nSPS) is 10.4.